The number of nitrogens with one attached hydrogen (secondary N) is 2. The minimum Gasteiger partial charge on any atom is -0.497 e. The van der Waals surface area contributed by atoms with E-state index in [2.05, 4.69) is 15.2 Å². The van der Waals surface area contributed by atoms with Gasteiger partial charge in [0.05, 0.1) is 22.6 Å². The Bertz CT molecular complexity index is 1250. The van der Waals surface area contributed by atoms with Crippen LogP contribution in [0.25, 0.3) is 0 Å². The summed E-state index contributed by atoms with van der Waals surface area (Å²) < 4.78 is 32.9. The summed E-state index contributed by atoms with van der Waals surface area (Å²) in [5.74, 6) is 0.570. The van der Waals surface area contributed by atoms with Crippen molar-refractivity contribution < 1.29 is 18.1 Å². The monoisotopic (exact) mass is 454 g/mol. The lowest BCUT2D eigenvalue weighted by atomic mass is 10.1. The fourth-order valence-corrected chi connectivity index (χ4v) is 3.88. The van der Waals surface area contributed by atoms with E-state index < -0.39 is 20.6 Å². The molecule has 3 aromatic rings. The number of benzene rings is 3. The van der Waals surface area contributed by atoms with Gasteiger partial charge < -0.3 is 4.74 Å². The number of nitro benzene ring substituents is 1. The standard InChI is InChI=1S/C22H22N4O5S/c1-15-4-6-17(7-5-15)16(2)23-24-21-13-12-20(14-22(21)26(27)28)32(29,30)25-18-8-10-19(31-3)11-9-18/h4-14,24-25H,1-3H3. The van der Waals surface area contributed by atoms with E-state index in [1.807, 2.05) is 31.2 Å². The third kappa shape index (κ3) is 5.41. The summed E-state index contributed by atoms with van der Waals surface area (Å²) in [6, 6.07) is 17.5. The Kier molecular flexibility index (Phi) is 6.74. The summed E-state index contributed by atoms with van der Waals surface area (Å²) in [5.41, 5.74) is 5.21. The molecule has 0 heterocycles. The molecule has 0 amide bonds. The summed E-state index contributed by atoms with van der Waals surface area (Å²) in [4.78, 5) is 10.7. The molecular weight excluding hydrogens is 432 g/mol. The van der Waals surface area contributed by atoms with Crippen molar-refractivity contribution in [1.82, 2.24) is 0 Å². The first kappa shape index (κ1) is 22.8. The Hall–Kier alpha value is -3.92. The van der Waals surface area contributed by atoms with E-state index in [1.165, 1.54) is 31.4 Å². The fraction of sp³-hybridized carbons (Fsp3) is 0.136. The molecule has 0 fully saturated rings. The number of ether oxygens (including phenoxy) is 1. The lowest BCUT2D eigenvalue weighted by Gasteiger charge is -2.10. The van der Waals surface area contributed by atoms with E-state index in [1.54, 1.807) is 19.1 Å². The van der Waals surface area contributed by atoms with Gasteiger partial charge in [0.2, 0.25) is 0 Å². The Morgan fingerprint density at radius 1 is 1.03 bits per heavy atom. The lowest BCUT2D eigenvalue weighted by Crippen LogP contribution is -2.13. The van der Waals surface area contributed by atoms with Crippen LogP contribution >= 0.6 is 0 Å². The fourth-order valence-electron chi connectivity index (χ4n) is 2.80. The molecule has 166 valence electrons. The largest absolute Gasteiger partial charge is 0.497 e. The minimum atomic E-state index is -4.04. The average Bonchev–Trinajstić information content (AvgIpc) is 2.78. The zero-order chi connectivity index (χ0) is 23.3. The molecule has 2 N–H and O–H groups in total. The lowest BCUT2D eigenvalue weighted by molar-refractivity contribution is -0.384. The molecule has 0 saturated carbocycles. The number of nitro groups is 1. The van der Waals surface area contributed by atoms with Crippen LogP contribution in [0.4, 0.5) is 17.1 Å². The van der Waals surface area contributed by atoms with Gasteiger partial charge in [-0.3, -0.25) is 20.3 Å². The second-order valence-corrected chi connectivity index (χ2v) is 8.63. The quantitative estimate of drug-likeness (QED) is 0.292. The number of rotatable bonds is 8. The number of hydrogen-bond donors (Lipinski definition) is 2. The van der Waals surface area contributed by atoms with Crippen molar-refractivity contribution in [2.24, 2.45) is 5.10 Å². The molecular formula is C22H22N4O5S. The van der Waals surface area contributed by atoms with Gasteiger partial charge in [-0.05, 0) is 55.8 Å². The van der Waals surface area contributed by atoms with Crippen molar-refractivity contribution >= 4 is 32.8 Å². The van der Waals surface area contributed by atoms with Gasteiger partial charge in [-0.2, -0.15) is 5.10 Å². The van der Waals surface area contributed by atoms with Gasteiger partial charge >= 0.3 is 0 Å². The summed E-state index contributed by atoms with van der Waals surface area (Å²) in [6.45, 7) is 3.73. The summed E-state index contributed by atoms with van der Waals surface area (Å²) in [6.07, 6.45) is 0. The van der Waals surface area contributed by atoms with Crippen molar-refractivity contribution in [1.29, 1.82) is 0 Å². The number of anilines is 2. The van der Waals surface area contributed by atoms with E-state index in [9.17, 15) is 18.5 Å². The van der Waals surface area contributed by atoms with Gasteiger partial charge in [0.25, 0.3) is 15.7 Å². The molecule has 0 radical (unpaired) electrons. The van der Waals surface area contributed by atoms with Gasteiger partial charge in [0.15, 0.2) is 0 Å². The molecule has 0 aliphatic rings. The van der Waals surface area contributed by atoms with Crippen LogP contribution in [0.2, 0.25) is 0 Å². The van der Waals surface area contributed by atoms with Crippen LogP contribution < -0.4 is 14.9 Å². The summed E-state index contributed by atoms with van der Waals surface area (Å²) in [7, 11) is -2.54. The zero-order valence-corrected chi connectivity index (χ0v) is 18.5. The first-order chi connectivity index (χ1) is 15.2. The molecule has 0 saturated heterocycles. The number of nitrogens with zero attached hydrogens (tertiary/aromatic N) is 2. The molecule has 10 heteroatoms. The Morgan fingerprint density at radius 3 is 2.28 bits per heavy atom. The van der Waals surface area contributed by atoms with E-state index in [-0.39, 0.29) is 10.6 Å². The van der Waals surface area contributed by atoms with E-state index in [4.69, 9.17) is 4.74 Å². The van der Waals surface area contributed by atoms with Gasteiger partial charge in [-0.25, -0.2) is 8.42 Å². The first-order valence-corrected chi connectivity index (χ1v) is 11.0. The van der Waals surface area contributed by atoms with Crippen LogP contribution in [0.3, 0.4) is 0 Å². The molecule has 3 rings (SSSR count). The molecule has 0 bridgehead atoms. The molecule has 0 unspecified atom stereocenters. The molecule has 0 aliphatic carbocycles. The van der Waals surface area contributed by atoms with Crippen LogP contribution in [-0.4, -0.2) is 26.2 Å². The third-order valence-electron chi connectivity index (χ3n) is 4.63. The maximum absolute atomic E-state index is 12.7. The Labute approximate surface area is 185 Å². The van der Waals surface area contributed by atoms with E-state index in [0.717, 1.165) is 17.2 Å². The molecule has 0 aliphatic heterocycles. The average molecular weight is 455 g/mol. The summed E-state index contributed by atoms with van der Waals surface area (Å²) >= 11 is 0. The van der Waals surface area contributed by atoms with Crippen molar-refractivity contribution in [3.63, 3.8) is 0 Å². The highest BCUT2D eigenvalue weighted by Crippen LogP contribution is 2.29. The van der Waals surface area contributed by atoms with Crippen LogP contribution in [0.5, 0.6) is 5.75 Å². The van der Waals surface area contributed by atoms with Crippen LogP contribution in [-0.2, 0) is 10.0 Å². The van der Waals surface area contributed by atoms with Gasteiger partial charge in [-0.15, -0.1) is 0 Å². The van der Waals surface area contributed by atoms with Gasteiger partial charge in [0.1, 0.15) is 11.4 Å². The highest BCUT2D eigenvalue weighted by molar-refractivity contribution is 7.92. The van der Waals surface area contributed by atoms with E-state index >= 15 is 0 Å². The molecule has 3 aromatic carbocycles. The van der Waals surface area contributed by atoms with Gasteiger partial charge in [0, 0.05) is 11.8 Å². The predicted octanol–water partition coefficient (Wildman–Crippen LogP) is 4.55. The SMILES string of the molecule is COc1ccc(NS(=O)(=O)c2ccc(NN=C(C)c3ccc(C)cc3)c([N+](=O)[O-])c2)cc1. The number of sulfonamides is 1. The van der Waals surface area contributed by atoms with Crippen molar-refractivity contribution in [3.05, 3.63) is 88.0 Å². The highest BCUT2D eigenvalue weighted by atomic mass is 32.2. The molecule has 0 aromatic heterocycles. The summed E-state index contributed by atoms with van der Waals surface area (Å²) in [5, 5.41) is 15.8. The normalized spacial score (nSPS) is 11.7. The molecule has 0 spiro atoms. The Balaban J connectivity index is 1.85. The second kappa shape index (κ2) is 9.48. The van der Waals surface area contributed by atoms with Crippen LogP contribution in [0.1, 0.15) is 18.1 Å². The predicted molar refractivity (Wildman–Crippen MR) is 124 cm³/mol. The maximum Gasteiger partial charge on any atom is 0.295 e. The smallest absolute Gasteiger partial charge is 0.295 e. The maximum atomic E-state index is 12.7. The zero-order valence-electron chi connectivity index (χ0n) is 17.7. The number of hydrogen-bond acceptors (Lipinski definition) is 7. The Morgan fingerprint density at radius 2 is 1.69 bits per heavy atom. The number of hydrazone groups is 1. The number of aryl methyl sites for hydroxylation is 1. The van der Waals surface area contributed by atoms with Crippen molar-refractivity contribution in [2.45, 2.75) is 18.7 Å². The number of methoxy groups -OCH3 is 1. The molecule has 32 heavy (non-hydrogen) atoms. The van der Waals surface area contributed by atoms with Crippen LogP contribution in [0, 0.1) is 17.0 Å². The van der Waals surface area contributed by atoms with Crippen molar-refractivity contribution in [3.8, 4) is 5.75 Å². The highest BCUT2D eigenvalue weighted by Gasteiger charge is 2.21. The molecule has 0 atom stereocenters. The van der Waals surface area contributed by atoms with Crippen LogP contribution in [0.15, 0.2) is 76.7 Å². The first-order valence-electron chi connectivity index (χ1n) is 9.52. The van der Waals surface area contributed by atoms with E-state index in [0.29, 0.717) is 17.1 Å². The van der Waals surface area contributed by atoms with Gasteiger partial charge in [-0.1, -0.05) is 29.8 Å². The van der Waals surface area contributed by atoms with Crippen molar-refractivity contribution in [2.75, 3.05) is 17.3 Å². The minimum absolute atomic E-state index is 0.0739. The molecule has 9 nitrogen and oxygen atoms in total. The third-order valence-corrected chi connectivity index (χ3v) is 6.01. The second-order valence-electron chi connectivity index (χ2n) is 6.95. The topological polar surface area (TPSA) is 123 Å².